The summed E-state index contributed by atoms with van der Waals surface area (Å²) in [6.07, 6.45) is 3.63. The number of amides is 1. The molecule has 0 radical (unpaired) electrons. The van der Waals surface area contributed by atoms with E-state index in [0.717, 1.165) is 57.4 Å². The van der Waals surface area contributed by atoms with E-state index in [1.54, 1.807) is 0 Å². The molecule has 4 nitrogen and oxygen atoms in total. The number of carbonyl (C=O) groups is 1. The predicted octanol–water partition coefficient (Wildman–Crippen LogP) is 2.77. The molecule has 0 aromatic heterocycles. The Balaban J connectivity index is 1.72. The van der Waals surface area contributed by atoms with Gasteiger partial charge in [0.05, 0.1) is 5.54 Å². The zero-order chi connectivity index (χ0) is 18.0. The van der Waals surface area contributed by atoms with Gasteiger partial charge in [0.1, 0.15) is 5.82 Å². The Kier molecular flexibility index (Phi) is 5.44. The minimum Gasteiger partial charge on any atom is -0.339 e. The lowest BCUT2D eigenvalue weighted by Crippen LogP contribution is -2.60. The molecule has 3 rings (SSSR count). The van der Waals surface area contributed by atoms with Gasteiger partial charge in [-0.3, -0.25) is 9.69 Å². The van der Waals surface area contributed by atoms with Crippen LogP contribution in [0.2, 0.25) is 0 Å². The SMILES string of the molecule is CC(C)[C@@H]1CN(C(=O)C2(N)CCC2)CCCN1Cc1ccc(F)cc1. The van der Waals surface area contributed by atoms with Crippen LogP contribution in [-0.4, -0.2) is 46.9 Å². The second kappa shape index (κ2) is 7.42. The second-order valence-corrected chi connectivity index (χ2v) is 8.02. The zero-order valence-electron chi connectivity index (χ0n) is 15.4. The van der Waals surface area contributed by atoms with Crippen LogP contribution in [0.25, 0.3) is 0 Å². The smallest absolute Gasteiger partial charge is 0.242 e. The molecule has 1 saturated carbocycles. The summed E-state index contributed by atoms with van der Waals surface area (Å²) in [5.74, 6) is 0.363. The number of hydrogen-bond acceptors (Lipinski definition) is 3. The summed E-state index contributed by atoms with van der Waals surface area (Å²) in [4.78, 5) is 17.3. The molecule has 1 saturated heterocycles. The molecule has 1 aliphatic carbocycles. The van der Waals surface area contributed by atoms with Crippen molar-refractivity contribution in [1.29, 1.82) is 0 Å². The molecule has 1 aromatic rings. The van der Waals surface area contributed by atoms with Gasteiger partial charge in [0.15, 0.2) is 0 Å². The van der Waals surface area contributed by atoms with E-state index in [1.165, 1.54) is 12.1 Å². The predicted molar refractivity (Wildman–Crippen MR) is 97.4 cm³/mol. The highest BCUT2D eigenvalue weighted by Crippen LogP contribution is 2.32. The van der Waals surface area contributed by atoms with Crippen LogP contribution in [0, 0.1) is 11.7 Å². The quantitative estimate of drug-likeness (QED) is 0.911. The minimum atomic E-state index is -0.617. The van der Waals surface area contributed by atoms with Crippen LogP contribution in [0.4, 0.5) is 4.39 Å². The van der Waals surface area contributed by atoms with Crippen LogP contribution >= 0.6 is 0 Å². The summed E-state index contributed by atoms with van der Waals surface area (Å²) in [5.41, 5.74) is 6.78. The zero-order valence-corrected chi connectivity index (χ0v) is 15.4. The number of nitrogens with zero attached hydrogens (tertiary/aromatic N) is 2. The lowest BCUT2D eigenvalue weighted by atomic mass is 9.76. The third-order valence-electron chi connectivity index (χ3n) is 5.78. The van der Waals surface area contributed by atoms with E-state index in [4.69, 9.17) is 5.73 Å². The molecule has 0 unspecified atom stereocenters. The van der Waals surface area contributed by atoms with E-state index < -0.39 is 5.54 Å². The maximum atomic E-state index is 13.2. The van der Waals surface area contributed by atoms with Crippen molar-refractivity contribution in [3.05, 3.63) is 35.6 Å². The minimum absolute atomic E-state index is 0.132. The topological polar surface area (TPSA) is 49.6 Å². The first kappa shape index (κ1) is 18.3. The van der Waals surface area contributed by atoms with E-state index in [0.29, 0.717) is 12.0 Å². The summed E-state index contributed by atoms with van der Waals surface area (Å²) < 4.78 is 13.2. The third-order valence-corrected chi connectivity index (χ3v) is 5.78. The maximum Gasteiger partial charge on any atom is 0.242 e. The van der Waals surface area contributed by atoms with Crippen molar-refractivity contribution in [2.45, 2.75) is 57.7 Å². The summed E-state index contributed by atoms with van der Waals surface area (Å²) >= 11 is 0. The maximum absolute atomic E-state index is 13.2. The molecule has 2 aliphatic rings. The number of halogens is 1. The summed E-state index contributed by atoms with van der Waals surface area (Å²) in [6.45, 7) is 7.66. The number of hydrogen-bond donors (Lipinski definition) is 1. The Morgan fingerprint density at radius 1 is 1.24 bits per heavy atom. The lowest BCUT2D eigenvalue weighted by Gasteiger charge is -2.41. The first-order valence-electron chi connectivity index (χ1n) is 9.46. The van der Waals surface area contributed by atoms with E-state index in [1.807, 2.05) is 17.0 Å². The number of benzene rings is 1. The largest absolute Gasteiger partial charge is 0.339 e. The van der Waals surface area contributed by atoms with Crippen LogP contribution in [-0.2, 0) is 11.3 Å². The fourth-order valence-corrected chi connectivity index (χ4v) is 3.99. The first-order valence-corrected chi connectivity index (χ1v) is 9.46. The van der Waals surface area contributed by atoms with Crippen molar-refractivity contribution >= 4 is 5.91 Å². The van der Waals surface area contributed by atoms with Crippen LogP contribution in [0.15, 0.2) is 24.3 Å². The van der Waals surface area contributed by atoms with Crippen molar-refractivity contribution in [3.8, 4) is 0 Å². The Bertz CT molecular complexity index is 597. The number of carbonyl (C=O) groups excluding carboxylic acids is 1. The van der Waals surface area contributed by atoms with Crippen LogP contribution in [0.3, 0.4) is 0 Å². The fourth-order valence-electron chi connectivity index (χ4n) is 3.99. The molecule has 0 bridgehead atoms. The van der Waals surface area contributed by atoms with Gasteiger partial charge in [0.2, 0.25) is 5.91 Å². The standard InChI is InChI=1S/C20H30FN3O/c1-15(2)18-14-24(19(25)20(22)9-3-10-20)12-4-11-23(18)13-16-5-7-17(21)8-6-16/h5-8,15,18H,3-4,9-14,22H2,1-2H3/t18-/m0/s1. The van der Waals surface area contributed by atoms with Gasteiger partial charge in [-0.25, -0.2) is 4.39 Å². The molecular formula is C20H30FN3O. The van der Waals surface area contributed by atoms with E-state index in [9.17, 15) is 9.18 Å². The third kappa shape index (κ3) is 4.04. The molecule has 0 spiro atoms. The van der Waals surface area contributed by atoms with Gasteiger partial charge in [-0.05, 0) is 49.3 Å². The van der Waals surface area contributed by atoms with Crippen LogP contribution in [0.5, 0.6) is 0 Å². The lowest BCUT2D eigenvalue weighted by molar-refractivity contribution is -0.140. The Morgan fingerprint density at radius 3 is 2.48 bits per heavy atom. The molecule has 2 N–H and O–H groups in total. The Morgan fingerprint density at radius 2 is 1.92 bits per heavy atom. The molecule has 25 heavy (non-hydrogen) atoms. The van der Waals surface area contributed by atoms with Gasteiger partial charge in [0, 0.05) is 32.2 Å². The highest BCUT2D eigenvalue weighted by Gasteiger charge is 2.44. The first-order chi connectivity index (χ1) is 11.9. The Labute approximate surface area is 150 Å². The van der Waals surface area contributed by atoms with Gasteiger partial charge in [-0.15, -0.1) is 0 Å². The molecule has 1 aliphatic heterocycles. The van der Waals surface area contributed by atoms with Gasteiger partial charge in [-0.2, -0.15) is 0 Å². The average Bonchev–Trinajstić information content (AvgIpc) is 2.77. The van der Waals surface area contributed by atoms with Gasteiger partial charge in [-0.1, -0.05) is 26.0 Å². The molecular weight excluding hydrogens is 317 g/mol. The summed E-state index contributed by atoms with van der Waals surface area (Å²) in [7, 11) is 0. The van der Waals surface area contributed by atoms with Gasteiger partial charge >= 0.3 is 0 Å². The van der Waals surface area contributed by atoms with E-state index >= 15 is 0 Å². The normalized spacial score (nSPS) is 24.0. The monoisotopic (exact) mass is 347 g/mol. The van der Waals surface area contributed by atoms with Crippen molar-refractivity contribution < 1.29 is 9.18 Å². The average molecular weight is 347 g/mol. The fraction of sp³-hybridized carbons (Fsp3) is 0.650. The molecule has 1 atom stereocenters. The highest BCUT2D eigenvalue weighted by atomic mass is 19.1. The molecule has 1 aromatic carbocycles. The summed E-state index contributed by atoms with van der Waals surface area (Å²) in [6, 6.07) is 7.03. The van der Waals surface area contributed by atoms with Crippen molar-refractivity contribution in [3.63, 3.8) is 0 Å². The van der Waals surface area contributed by atoms with E-state index in [2.05, 4.69) is 18.7 Å². The Hall–Kier alpha value is -1.46. The van der Waals surface area contributed by atoms with Crippen molar-refractivity contribution in [2.75, 3.05) is 19.6 Å². The number of nitrogens with two attached hydrogens (primary N) is 1. The van der Waals surface area contributed by atoms with Crippen molar-refractivity contribution in [1.82, 2.24) is 9.80 Å². The summed E-state index contributed by atoms with van der Waals surface area (Å²) in [5, 5.41) is 0. The molecule has 1 heterocycles. The van der Waals surface area contributed by atoms with Crippen molar-refractivity contribution in [2.24, 2.45) is 11.7 Å². The van der Waals surface area contributed by atoms with Gasteiger partial charge in [0.25, 0.3) is 0 Å². The molecule has 138 valence electrons. The van der Waals surface area contributed by atoms with E-state index in [-0.39, 0.29) is 11.7 Å². The van der Waals surface area contributed by atoms with Crippen LogP contribution in [0.1, 0.15) is 45.1 Å². The second-order valence-electron chi connectivity index (χ2n) is 8.02. The van der Waals surface area contributed by atoms with Gasteiger partial charge < -0.3 is 10.6 Å². The number of rotatable bonds is 4. The highest BCUT2D eigenvalue weighted by molar-refractivity contribution is 5.87. The molecule has 5 heteroatoms. The van der Waals surface area contributed by atoms with Crippen LogP contribution < -0.4 is 5.73 Å². The molecule has 1 amide bonds. The molecule has 2 fully saturated rings.